The normalized spacial score (nSPS) is 10.4. The van der Waals surface area contributed by atoms with Gasteiger partial charge in [-0.25, -0.2) is 5.43 Å². The second-order valence-electron chi connectivity index (χ2n) is 3.32. The number of hydrogen-bond acceptors (Lipinski definition) is 4. The Morgan fingerprint density at radius 1 is 1.53 bits per heavy atom. The van der Waals surface area contributed by atoms with Crippen molar-refractivity contribution in [3.8, 4) is 0 Å². The largest absolute Gasteiger partial charge is 0.282 e. The predicted molar refractivity (Wildman–Crippen MR) is 64.0 cm³/mol. The molecule has 0 aliphatic rings. The van der Waals surface area contributed by atoms with Gasteiger partial charge in [0.1, 0.15) is 5.56 Å². The van der Waals surface area contributed by atoms with Crippen molar-refractivity contribution in [1.29, 1.82) is 0 Å². The number of benzene rings is 1. The lowest BCUT2D eigenvalue weighted by Crippen LogP contribution is -2.18. The van der Waals surface area contributed by atoms with Gasteiger partial charge in [-0.15, -0.1) is 0 Å². The summed E-state index contributed by atoms with van der Waals surface area (Å²) in [7, 11) is 0. The molecule has 0 bridgehead atoms. The monoisotopic (exact) mass is 235 g/mol. The van der Waals surface area contributed by atoms with Crippen molar-refractivity contribution >= 4 is 17.8 Å². The molecular weight excluding hydrogens is 222 g/mol. The molecule has 0 aromatic heterocycles. The smallest absolute Gasteiger partial charge is 0.267 e. The van der Waals surface area contributed by atoms with Gasteiger partial charge in [-0.3, -0.25) is 14.9 Å². The number of unbranched alkanes of at least 4 members (excludes halogenated alkanes) is 1. The number of nitro groups is 1. The van der Waals surface area contributed by atoms with Crippen LogP contribution in [0.4, 0.5) is 5.69 Å². The lowest BCUT2D eigenvalue weighted by atomic mass is 10.2. The molecule has 0 aliphatic heterocycles. The molecule has 1 aromatic carbocycles. The summed E-state index contributed by atoms with van der Waals surface area (Å²) in [5.41, 5.74) is 2.03. The first-order valence-electron chi connectivity index (χ1n) is 5.22. The third-order valence-corrected chi connectivity index (χ3v) is 2.02. The number of nitrogens with zero attached hydrogens (tertiary/aromatic N) is 2. The van der Waals surface area contributed by atoms with Gasteiger partial charge >= 0.3 is 0 Å². The number of nitro benzene ring substituents is 1. The zero-order valence-corrected chi connectivity index (χ0v) is 9.42. The highest BCUT2D eigenvalue weighted by atomic mass is 16.6. The fourth-order valence-electron chi connectivity index (χ4n) is 1.18. The van der Waals surface area contributed by atoms with E-state index in [-0.39, 0.29) is 11.3 Å². The lowest BCUT2D eigenvalue weighted by Gasteiger charge is -2.00. The summed E-state index contributed by atoms with van der Waals surface area (Å²) in [6, 6.07) is 5.75. The van der Waals surface area contributed by atoms with Crippen molar-refractivity contribution in [3.05, 3.63) is 39.9 Å². The average Bonchev–Trinajstić information content (AvgIpc) is 2.34. The zero-order chi connectivity index (χ0) is 12.7. The molecule has 6 nitrogen and oxygen atoms in total. The molecule has 1 rings (SSSR count). The summed E-state index contributed by atoms with van der Waals surface area (Å²) >= 11 is 0. The quantitative estimate of drug-likeness (QED) is 0.482. The SMILES string of the molecule is CCCC=NNC(=O)c1ccccc1[N+](=O)[O-]. The van der Waals surface area contributed by atoms with E-state index in [1.165, 1.54) is 18.2 Å². The number of amides is 1. The molecule has 6 heteroatoms. The van der Waals surface area contributed by atoms with Crippen LogP contribution < -0.4 is 5.43 Å². The Labute approximate surface area is 98.5 Å². The molecule has 0 aliphatic carbocycles. The summed E-state index contributed by atoms with van der Waals surface area (Å²) in [4.78, 5) is 21.7. The van der Waals surface area contributed by atoms with Crippen LogP contribution in [0.1, 0.15) is 30.1 Å². The van der Waals surface area contributed by atoms with Crippen LogP contribution in [-0.2, 0) is 0 Å². The minimum absolute atomic E-state index is 0.00569. The van der Waals surface area contributed by atoms with Crippen LogP contribution in [0, 0.1) is 10.1 Å². The average molecular weight is 235 g/mol. The second-order valence-corrected chi connectivity index (χ2v) is 3.32. The van der Waals surface area contributed by atoms with Crippen LogP contribution in [-0.4, -0.2) is 17.0 Å². The topological polar surface area (TPSA) is 84.6 Å². The minimum Gasteiger partial charge on any atom is -0.267 e. The van der Waals surface area contributed by atoms with Crippen molar-refractivity contribution in [2.24, 2.45) is 5.10 Å². The third-order valence-electron chi connectivity index (χ3n) is 2.02. The van der Waals surface area contributed by atoms with Crippen molar-refractivity contribution in [2.75, 3.05) is 0 Å². The molecule has 1 amide bonds. The predicted octanol–water partition coefficient (Wildman–Crippen LogP) is 2.11. The number of hydrogen-bond donors (Lipinski definition) is 1. The number of nitrogens with one attached hydrogen (secondary N) is 1. The number of carbonyl (C=O) groups excluding carboxylic acids is 1. The third kappa shape index (κ3) is 3.67. The van der Waals surface area contributed by atoms with E-state index >= 15 is 0 Å². The fourth-order valence-corrected chi connectivity index (χ4v) is 1.18. The highest BCUT2D eigenvalue weighted by Gasteiger charge is 2.18. The maximum atomic E-state index is 11.6. The first kappa shape index (κ1) is 12.8. The van der Waals surface area contributed by atoms with E-state index in [4.69, 9.17) is 0 Å². The Morgan fingerprint density at radius 3 is 2.88 bits per heavy atom. The van der Waals surface area contributed by atoms with Gasteiger partial charge in [-0.2, -0.15) is 5.10 Å². The fraction of sp³-hybridized carbons (Fsp3) is 0.273. The Bertz CT molecular complexity index is 443. The van der Waals surface area contributed by atoms with E-state index < -0.39 is 10.8 Å². The zero-order valence-electron chi connectivity index (χ0n) is 9.42. The van der Waals surface area contributed by atoms with E-state index in [0.29, 0.717) is 0 Å². The molecule has 0 unspecified atom stereocenters. The van der Waals surface area contributed by atoms with Crippen molar-refractivity contribution in [2.45, 2.75) is 19.8 Å². The van der Waals surface area contributed by atoms with Gasteiger partial charge in [0.05, 0.1) is 4.92 Å². The standard InChI is InChI=1S/C11H13N3O3/c1-2-3-8-12-13-11(15)9-6-4-5-7-10(9)14(16)17/h4-8H,2-3H2,1H3,(H,13,15). The molecule has 0 fully saturated rings. The molecule has 0 radical (unpaired) electrons. The van der Waals surface area contributed by atoms with Gasteiger partial charge in [0, 0.05) is 12.3 Å². The molecule has 1 aromatic rings. The van der Waals surface area contributed by atoms with E-state index in [1.54, 1.807) is 12.3 Å². The van der Waals surface area contributed by atoms with Crippen LogP contribution in [0.5, 0.6) is 0 Å². The van der Waals surface area contributed by atoms with Crippen LogP contribution in [0.15, 0.2) is 29.4 Å². The van der Waals surface area contributed by atoms with E-state index in [2.05, 4.69) is 10.5 Å². The molecule has 17 heavy (non-hydrogen) atoms. The summed E-state index contributed by atoms with van der Waals surface area (Å²) in [6.07, 6.45) is 3.23. The number of hydrazone groups is 1. The number of carbonyl (C=O) groups is 1. The Kier molecular flexibility index (Phi) is 4.80. The van der Waals surface area contributed by atoms with Gasteiger partial charge in [0.2, 0.25) is 0 Å². The molecule has 1 N–H and O–H groups in total. The second kappa shape index (κ2) is 6.37. The Morgan fingerprint density at radius 2 is 2.24 bits per heavy atom. The van der Waals surface area contributed by atoms with E-state index in [9.17, 15) is 14.9 Å². The molecule has 0 atom stereocenters. The van der Waals surface area contributed by atoms with Gasteiger partial charge in [0.25, 0.3) is 11.6 Å². The van der Waals surface area contributed by atoms with E-state index in [1.807, 2.05) is 6.92 Å². The van der Waals surface area contributed by atoms with E-state index in [0.717, 1.165) is 12.8 Å². The Balaban J connectivity index is 2.78. The summed E-state index contributed by atoms with van der Waals surface area (Å²) in [5, 5.41) is 14.4. The molecule has 0 spiro atoms. The molecule has 0 saturated heterocycles. The summed E-state index contributed by atoms with van der Waals surface area (Å²) in [5.74, 6) is -0.579. The number of rotatable bonds is 5. The minimum atomic E-state index is -0.593. The maximum absolute atomic E-state index is 11.6. The summed E-state index contributed by atoms with van der Waals surface area (Å²) in [6.45, 7) is 1.98. The summed E-state index contributed by atoms with van der Waals surface area (Å²) < 4.78 is 0. The van der Waals surface area contributed by atoms with Crippen molar-refractivity contribution in [3.63, 3.8) is 0 Å². The first-order chi connectivity index (χ1) is 8.16. The Hall–Kier alpha value is -2.24. The number of para-hydroxylation sites is 1. The van der Waals surface area contributed by atoms with Gasteiger partial charge in [-0.05, 0) is 12.5 Å². The molecule has 90 valence electrons. The lowest BCUT2D eigenvalue weighted by molar-refractivity contribution is -0.385. The van der Waals surface area contributed by atoms with Gasteiger partial charge in [-0.1, -0.05) is 25.5 Å². The van der Waals surface area contributed by atoms with Gasteiger partial charge < -0.3 is 0 Å². The molecule has 0 heterocycles. The highest BCUT2D eigenvalue weighted by molar-refractivity contribution is 5.98. The van der Waals surface area contributed by atoms with Gasteiger partial charge in [0.15, 0.2) is 0 Å². The van der Waals surface area contributed by atoms with Crippen LogP contribution in [0.3, 0.4) is 0 Å². The van der Waals surface area contributed by atoms with Crippen molar-refractivity contribution in [1.82, 2.24) is 5.43 Å². The van der Waals surface area contributed by atoms with Crippen LogP contribution in [0.2, 0.25) is 0 Å². The molecule has 0 saturated carbocycles. The first-order valence-corrected chi connectivity index (χ1v) is 5.22. The highest BCUT2D eigenvalue weighted by Crippen LogP contribution is 2.16. The van der Waals surface area contributed by atoms with Crippen molar-refractivity contribution < 1.29 is 9.72 Å². The molecular formula is C11H13N3O3. The van der Waals surface area contributed by atoms with Crippen LogP contribution >= 0.6 is 0 Å². The van der Waals surface area contributed by atoms with Crippen LogP contribution in [0.25, 0.3) is 0 Å². The maximum Gasteiger partial charge on any atom is 0.282 e.